The molecule has 1 aromatic carbocycles. The van der Waals surface area contributed by atoms with Crippen molar-refractivity contribution in [3.63, 3.8) is 0 Å². The summed E-state index contributed by atoms with van der Waals surface area (Å²) in [6, 6.07) is 8.43. The number of rotatable bonds is 4. The van der Waals surface area contributed by atoms with Crippen LogP contribution in [0, 0.1) is 0 Å². The fourth-order valence-electron chi connectivity index (χ4n) is 2.76. The largest absolute Gasteiger partial charge is 0.335 e. The third-order valence-corrected chi connectivity index (χ3v) is 4.39. The zero-order valence-corrected chi connectivity index (χ0v) is 14.5. The van der Waals surface area contributed by atoms with Gasteiger partial charge in [0.05, 0.1) is 0 Å². The average Bonchev–Trinajstić information content (AvgIpc) is 3.12. The molecule has 0 bridgehead atoms. The minimum absolute atomic E-state index is 0.0886. The molecular weight excluding hydrogens is 304 g/mol. The topological polar surface area (TPSA) is 62.5 Å². The second-order valence-corrected chi connectivity index (χ2v) is 6.42. The normalized spacial score (nSPS) is 15.2. The number of hydrogen-bond donors (Lipinski definition) is 0. The van der Waals surface area contributed by atoms with E-state index in [1.807, 2.05) is 47.9 Å². The van der Waals surface area contributed by atoms with Gasteiger partial charge in [0.1, 0.15) is 0 Å². The number of carbonyl (C=O) groups excluding carboxylic acids is 1. The molecule has 0 unspecified atom stereocenters. The van der Waals surface area contributed by atoms with Crippen LogP contribution in [-0.4, -0.2) is 47.1 Å². The molecule has 0 atom stereocenters. The summed E-state index contributed by atoms with van der Waals surface area (Å²) in [5, 5.41) is 4.00. The molecule has 3 rings (SSSR count). The van der Waals surface area contributed by atoms with E-state index in [2.05, 4.69) is 17.1 Å². The Balaban J connectivity index is 1.60. The van der Waals surface area contributed by atoms with E-state index in [0.717, 1.165) is 17.8 Å². The van der Waals surface area contributed by atoms with Gasteiger partial charge in [0.15, 0.2) is 5.82 Å². The molecule has 1 aliphatic rings. The fraction of sp³-hybridized carbons (Fsp3) is 0.500. The average molecular weight is 328 g/mol. The van der Waals surface area contributed by atoms with Gasteiger partial charge in [-0.2, -0.15) is 4.98 Å². The Morgan fingerprint density at radius 1 is 1.17 bits per heavy atom. The Labute approximate surface area is 142 Å². The molecule has 1 aliphatic heterocycles. The van der Waals surface area contributed by atoms with Crippen molar-refractivity contribution in [3.05, 3.63) is 41.2 Å². The van der Waals surface area contributed by atoms with Crippen LogP contribution < -0.4 is 4.90 Å². The molecule has 0 radical (unpaired) electrons. The Morgan fingerprint density at radius 3 is 2.38 bits per heavy atom. The summed E-state index contributed by atoms with van der Waals surface area (Å²) in [6.07, 6.45) is 0.982. The standard InChI is InChI=1S/C18H24N4O2/c1-4-14-5-7-15(8-6-14)17(23)21-9-11-22(12-10-21)18-19-16(13(2)3)20-24-18/h5-8,13H,4,9-12H2,1-3H3. The van der Waals surface area contributed by atoms with Crippen molar-refractivity contribution in [2.45, 2.75) is 33.1 Å². The molecule has 0 N–H and O–H groups in total. The predicted octanol–water partition coefficient (Wildman–Crippen LogP) is 2.72. The van der Waals surface area contributed by atoms with Crippen molar-refractivity contribution in [2.24, 2.45) is 0 Å². The number of carbonyl (C=O) groups is 1. The highest BCUT2D eigenvalue weighted by Crippen LogP contribution is 2.18. The van der Waals surface area contributed by atoms with E-state index in [4.69, 9.17) is 4.52 Å². The van der Waals surface area contributed by atoms with E-state index in [-0.39, 0.29) is 11.8 Å². The third kappa shape index (κ3) is 3.42. The van der Waals surface area contributed by atoms with Gasteiger partial charge in [0, 0.05) is 37.7 Å². The zero-order chi connectivity index (χ0) is 17.1. The minimum Gasteiger partial charge on any atom is -0.335 e. The van der Waals surface area contributed by atoms with Gasteiger partial charge in [-0.1, -0.05) is 38.1 Å². The van der Waals surface area contributed by atoms with Crippen molar-refractivity contribution in [3.8, 4) is 0 Å². The number of benzene rings is 1. The van der Waals surface area contributed by atoms with Crippen molar-refractivity contribution in [1.29, 1.82) is 0 Å². The summed E-state index contributed by atoms with van der Waals surface area (Å²) in [6.45, 7) is 8.92. The second kappa shape index (κ2) is 7.03. The van der Waals surface area contributed by atoms with Crippen molar-refractivity contribution in [1.82, 2.24) is 15.0 Å². The van der Waals surface area contributed by atoms with Crippen LogP contribution in [0.2, 0.25) is 0 Å². The molecule has 0 aliphatic carbocycles. The quantitative estimate of drug-likeness (QED) is 0.863. The number of hydrogen-bond acceptors (Lipinski definition) is 5. The molecule has 1 fully saturated rings. The number of piperazine rings is 1. The lowest BCUT2D eigenvalue weighted by Gasteiger charge is -2.33. The first kappa shape index (κ1) is 16.5. The monoisotopic (exact) mass is 328 g/mol. The summed E-state index contributed by atoms with van der Waals surface area (Å²) in [7, 11) is 0. The van der Waals surface area contributed by atoms with Crippen molar-refractivity contribution < 1.29 is 9.32 Å². The first-order chi connectivity index (χ1) is 11.6. The van der Waals surface area contributed by atoms with E-state index < -0.39 is 0 Å². The van der Waals surface area contributed by atoms with E-state index in [9.17, 15) is 4.79 Å². The molecule has 128 valence electrons. The van der Waals surface area contributed by atoms with Crippen LogP contribution in [0.15, 0.2) is 28.8 Å². The minimum atomic E-state index is 0.0886. The van der Waals surface area contributed by atoms with E-state index in [1.165, 1.54) is 5.56 Å². The Hall–Kier alpha value is -2.37. The highest BCUT2D eigenvalue weighted by atomic mass is 16.5. The summed E-state index contributed by atoms with van der Waals surface area (Å²) in [4.78, 5) is 20.9. The van der Waals surface area contributed by atoms with Gasteiger partial charge >= 0.3 is 6.01 Å². The summed E-state index contributed by atoms with van der Waals surface area (Å²) in [5.41, 5.74) is 1.99. The zero-order valence-electron chi connectivity index (χ0n) is 14.5. The molecule has 6 nitrogen and oxygen atoms in total. The summed E-state index contributed by atoms with van der Waals surface area (Å²) >= 11 is 0. The van der Waals surface area contributed by atoms with Gasteiger partial charge in [-0.15, -0.1) is 0 Å². The summed E-state index contributed by atoms with van der Waals surface area (Å²) in [5.74, 6) is 1.06. The molecule has 24 heavy (non-hydrogen) atoms. The smallest absolute Gasteiger partial charge is 0.324 e. The first-order valence-electron chi connectivity index (χ1n) is 8.55. The van der Waals surface area contributed by atoms with Crippen LogP contribution in [0.25, 0.3) is 0 Å². The number of anilines is 1. The van der Waals surface area contributed by atoms with Crippen LogP contribution >= 0.6 is 0 Å². The predicted molar refractivity (Wildman–Crippen MR) is 92.3 cm³/mol. The number of aromatic nitrogens is 2. The van der Waals surface area contributed by atoms with E-state index >= 15 is 0 Å². The highest BCUT2D eigenvalue weighted by Gasteiger charge is 2.25. The molecule has 0 saturated carbocycles. The maximum absolute atomic E-state index is 12.6. The Kier molecular flexibility index (Phi) is 4.83. The van der Waals surface area contributed by atoms with Crippen molar-refractivity contribution in [2.75, 3.05) is 31.1 Å². The van der Waals surface area contributed by atoms with Crippen LogP contribution in [0.4, 0.5) is 6.01 Å². The second-order valence-electron chi connectivity index (χ2n) is 6.42. The molecule has 1 amide bonds. The van der Waals surface area contributed by atoms with Gasteiger partial charge in [0.25, 0.3) is 5.91 Å². The Morgan fingerprint density at radius 2 is 1.83 bits per heavy atom. The maximum atomic E-state index is 12.6. The molecule has 0 spiro atoms. The molecule has 6 heteroatoms. The number of aryl methyl sites for hydroxylation is 1. The third-order valence-electron chi connectivity index (χ3n) is 4.39. The first-order valence-corrected chi connectivity index (χ1v) is 8.55. The van der Waals surface area contributed by atoms with Gasteiger partial charge in [-0.05, 0) is 24.1 Å². The lowest BCUT2D eigenvalue weighted by molar-refractivity contribution is 0.0744. The van der Waals surface area contributed by atoms with Crippen molar-refractivity contribution >= 4 is 11.9 Å². The number of nitrogens with zero attached hydrogens (tertiary/aromatic N) is 4. The van der Waals surface area contributed by atoms with Crippen LogP contribution in [0.1, 0.15) is 48.4 Å². The van der Waals surface area contributed by atoms with Gasteiger partial charge in [-0.25, -0.2) is 0 Å². The van der Waals surface area contributed by atoms with E-state index in [0.29, 0.717) is 32.2 Å². The number of amides is 1. The molecule has 1 aromatic heterocycles. The van der Waals surface area contributed by atoms with E-state index in [1.54, 1.807) is 0 Å². The van der Waals surface area contributed by atoms with Crippen LogP contribution in [0.5, 0.6) is 0 Å². The van der Waals surface area contributed by atoms with Gasteiger partial charge in [0.2, 0.25) is 0 Å². The lowest BCUT2D eigenvalue weighted by Crippen LogP contribution is -2.49. The molecule has 2 aromatic rings. The maximum Gasteiger partial charge on any atom is 0.324 e. The molecule has 2 heterocycles. The van der Waals surface area contributed by atoms with Gasteiger partial charge < -0.3 is 14.3 Å². The SMILES string of the molecule is CCc1ccc(C(=O)N2CCN(c3nc(C(C)C)no3)CC2)cc1. The molecular formula is C18H24N4O2. The highest BCUT2D eigenvalue weighted by molar-refractivity contribution is 5.94. The van der Waals surface area contributed by atoms with Crippen LogP contribution in [-0.2, 0) is 6.42 Å². The fourth-order valence-corrected chi connectivity index (χ4v) is 2.76. The lowest BCUT2D eigenvalue weighted by atomic mass is 10.1. The summed E-state index contributed by atoms with van der Waals surface area (Å²) < 4.78 is 5.33. The Bertz CT molecular complexity index is 685. The molecule has 1 saturated heterocycles. The van der Waals surface area contributed by atoms with Gasteiger partial charge in [-0.3, -0.25) is 4.79 Å². The van der Waals surface area contributed by atoms with Crippen LogP contribution in [0.3, 0.4) is 0 Å².